The molecular weight excluding hydrogens is 362 g/mol. The van der Waals surface area contributed by atoms with E-state index in [-0.39, 0.29) is 5.92 Å². The van der Waals surface area contributed by atoms with Crippen molar-refractivity contribution in [1.29, 1.82) is 0 Å². The zero-order chi connectivity index (χ0) is 16.6. The summed E-state index contributed by atoms with van der Waals surface area (Å²) in [5.41, 5.74) is 1.88. The highest BCUT2D eigenvalue weighted by Gasteiger charge is 2.37. The third-order valence-corrected chi connectivity index (χ3v) is 4.45. The number of benzene rings is 1. The molecule has 23 heavy (non-hydrogen) atoms. The Bertz CT molecular complexity index is 768. The van der Waals surface area contributed by atoms with Gasteiger partial charge in [-0.15, -0.1) is 0 Å². The van der Waals surface area contributed by atoms with Gasteiger partial charge in [0.1, 0.15) is 6.04 Å². The summed E-state index contributed by atoms with van der Waals surface area (Å²) in [5.74, 6) is -1.35. The number of nitrogens with one attached hydrogen (secondary N) is 1. The van der Waals surface area contributed by atoms with Gasteiger partial charge in [0.2, 0.25) is 0 Å². The molecule has 1 fully saturated rings. The van der Waals surface area contributed by atoms with Gasteiger partial charge in [-0.2, -0.15) is 5.10 Å². The molecular formula is C16H16BrN3O3. The minimum atomic E-state index is -0.988. The fourth-order valence-electron chi connectivity index (χ4n) is 2.53. The molecule has 0 radical (unpaired) electrons. The third kappa shape index (κ3) is 3.29. The minimum Gasteiger partial charge on any atom is -0.480 e. The Morgan fingerprint density at radius 1 is 1.43 bits per heavy atom. The first-order chi connectivity index (χ1) is 11.0. The number of aromatic nitrogens is 2. The van der Waals surface area contributed by atoms with Crippen LogP contribution in [0, 0.1) is 12.8 Å². The highest BCUT2D eigenvalue weighted by atomic mass is 79.9. The molecule has 2 aromatic rings. The normalized spacial score (nSPS) is 15.2. The summed E-state index contributed by atoms with van der Waals surface area (Å²) in [4.78, 5) is 23.6. The maximum absolute atomic E-state index is 12.4. The van der Waals surface area contributed by atoms with E-state index in [1.165, 1.54) is 6.20 Å². The summed E-state index contributed by atoms with van der Waals surface area (Å²) in [6, 6.07) is 6.75. The largest absolute Gasteiger partial charge is 0.480 e. The van der Waals surface area contributed by atoms with E-state index >= 15 is 0 Å². The number of carboxylic acid groups (broad SMARTS) is 1. The van der Waals surface area contributed by atoms with Crippen molar-refractivity contribution in [2.45, 2.75) is 25.8 Å². The molecule has 7 heteroatoms. The molecule has 2 N–H and O–H groups in total. The molecule has 1 amide bonds. The molecule has 0 saturated heterocycles. The first-order valence-electron chi connectivity index (χ1n) is 7.31. The van der Waals surface area contributed by atoms with Gasteiger partial charge < -0.3 is 10.4 Å². The maximum atomic E-state index is 12.4. The van der Waals surface area contributed by atoms with Crippen LogP contribution in [0.25, 0.3) is 5.69 Å². The van der Waals surface area contributed by atoms with Crippen molar-refractivity contribution in [1.82, 2.24) is 15.1 Å². The summed E-state index contributed by atoms with van der Waals surface area (Å²) in [5, 5.41) is 16.1. The number of halogens is 1. The van der Waals surface area contributed by atoms with Crippen LogP contribution in [0.5, 0.6) is 0 Å². The van der Waals surface area contributed by atoms with Gasteiger partial charge in [0.05, 0.1) is 23.1 Å². The first-order valence-corrected chi connectivity index (χ1v) is 8.11. The number of aliphatic carboxylic acids is 1. The highest BCUT2D eigenvalue weighted by molar-refractivity contribution is 9.10. The van der Waals surface area contributed by atoms with Crippen molar-refractivity contribution in [3.63, 3.8) is 0 Å². The number of carbonyl (C=O) groups is 2. The molecule has 3 rings (SSSR count). The number of nitrogens with zero attached hydrogens (tertiary/aromatic N) is 2. The Morgan fingerprint density at radius 2 is 2.17 bits per heavy atom. The summed E-state index contributed by atoms with van der Waals surface area (Å²) >= 11 is 3.41. The Hall–Kier alpha value is -2.15. The fraction of sp³-hybridized carbons (Fsp3) is 0.312. The lowest BCUT2D eigenvalue weighted by atomic mass is 10.1. The Balaban J connectivity index is 1.83. The number of rotatable bonds is 5. The van der Waals surface area contributed by atoms with Crippen molar-refractivity contribution in [2.75, 3.05) is 0 Å². The Labute approximate surface area is 141 Å². The lowest BCUT2D eigenvalue weighted by Gasteiger charge is -2.13. The van der Waals surface area contributed by atoms with Gasteiger partial charge in [-0.25, -0.2) is 9.48 Å². The molecule has 1 aromatic carbocycles. The zero-order valence-electron chi connectivity index (χ0n) is 12.5. The zero-order valence-corrected chi connectivity index (χ0v) is 14.1. The lowest BCUT2D eigenvalue weighted by Crippen LogP contribution is -2.42. The highest BCUT2D eigenvalue weighted by Crippen LogP contribution is 2.33. The number of hydrogen-bond donors (Lipinski definition) is 2. The average molecular weight is 378 g/mol. The van der Waals surface area contributed by atoms with Crippen LogP contribution in [0.4, 0.5) is 0 Å². The van der Waals surface area contributed by atoms with Gasteiger partial charge in [0, 0.05) is 4.47 Å². The van der Waals surface area contributed by atoms with E-state index in [4.69, 9.17) is 0 Å². The predicted octanol–water partition coefficient (Wildman–Crippen LogP) is 2.54. The van der Waals surface area contributed by atoms with E-state index < -0.39 is 17.9 Å². The van der Waals surface area contributed by atoms with Crippen LogP contribution in [0.1, 0.15) is 28.9 Å². The summed E-state index contributed by atoms with van der Waals surface area (Å²) < 4.78 is 2.57. The SMILES string of the molecule is Cc1c(C(=O)NC(C(=O)O)C2CC2)cnn1-c1cccc(Br)c1. The minimum absolute atomic E-state index is 0.0388. The van der Waals surface area contributed by atoms with Crippen LogP contribution in [-0.2, 0) is 4.79 Å². The van der Waals surface area contributed by atoms with E-state index in [0.29, 0.717) is 11.3 Å². The Morgan fingerprint density at radius 3 is 2.78 bits per heavy atom. The van der Waals surface area contributed by atoms with Gasteiger partial charge in [0.15, 0.2) is 0 Å². The molecule has 0 aliphatic heterocycles. The topological polar surface area (TPSA) is 84.2 Å². The number of carbonyl (C=O) groups excluding carboxylic acids is 1. The molecule has 120 valence electrons. The van der Waals surface area contributed by atoms with Crippen molar-refractivity contribution in [2.24, 2.45) is 5.92 Å². The molecule has 1 unspecified atom stereocenters. The second-order valence-electron chi connectivity index (χ2n) is 5.66. The van der Waals surface area contributed by atoms with Crippen LogP contribution in [0.3, 0.4) is 0 Å². The number of hydrogen-bond acceptors (Lipinski definition) is 3. The summed E-state index contributed by atoms with van der Waals surface area (Å²) in [6.45, 7) is 1.79. The third-order valence-electron chi connectivity index (χ3n) is 3.95. The van der Waals surface area contributed by atoms with E-state index in [1.54, 1.807) is 11.6 Å². The van der Waals surface area contributed by atoms with Gasteiger partial charge in [-0.1, -0.05) is 22.0 Å². The van der Waals surface area contributed by atoms with E-state index in [2.05, 4.69) is 26.3 Å². The fourth-order valence-corrected chi connectivity index (χ4v) is 2.92. The first kappa shape index (κ1) is 15.7. The molecule has 1 aromatic heterocycles. The predicted molar refractivity (Wildman–Crippen MR) is 87.6 cm³/mol. The van der Waals surface area contributed by atoms with E-state index in [1.807, 2.05) is 24.3 Å². The van der Waals surface area contributed by atoms with Crippen molar-refractivity contribution in [3.8, 4) is 5.69 Å². The van der Waals surface area contributed by atoms with Gasteiger partial charge in [-0.3, -0.25) is 4.79 Å². The van der Waals surface area contributed by atoms with Crippen molar-refractivity contribution >= 4 is 27.8 Å². The molecule has 1 atom stereocenters. The lowest BCUT2D eigenvalue weighted by molar-refractivity contribution is -0.139. The quantitative estimate of drug-likeness (QED) is 0.838. The Kier molecular flexibility index (Phi) is 4.21. The van der Waals surface area contributed by atoms with Crippen LogP contribution in [0.15, 0.2) is 34.9 Å². The van der Waals surface area contributed by atoms with Gasteiger partial charge in [-0.05, 0) is 43.9 Å². The molecule has 0 spiro atoms. The molecule has 6 nitrogen and oxygen atoms in total. The van der Waals surface area contributed by atoms with Crippen LogP contribution in [-0.4, -0.2) is 32.8 Å². The average Bonchev–Trinajstić information content (AvgIpc) is 3.26. The van der Waals surface area contributed by atoms with Crippen molar-refractivity contribution in [3.05, 3.63) is 46.2 Å². The smallest absolute Gasteiger partial charge is 0.326 e. The summed E-state index contributed by atoms with van der Waals surface area (Å²) in [6.07, 6.45) is 3.15. The van der Waals surface area contributed by atoms with Gasteiger partial charge in [0.25, 0.3) is 5.91 Å². The van der Waals surface area contributed by atoms with Crippen LogP contribution in [0.2, 0.25) is 0 Å². The summed E-state index contributed by atoms with van der Waals surface area (Å²) in [7, 11) is 0. The van der Waals surface area contributed by atoms with E-state index in [9.17, 15) is 14.7 Å². The second kappa shape index (κ2) is 6.16. The standard InChI is InChI=1S/C16H16BrN3O3/c1-9-13(15(21)19-14(16(22)23)10-5-6-10)8-18-20(9)12-4-2-3-11(17)7-12/h2-4,7-8,10,14H,5-6H2,1H3,(H,19,21)(H,22,23). The second-order valence-corrected chi connectivity index (χ2v) is 6.58. The monoisotopic (exact) mass is 377 g/mol. The molecule has 1 aliphatic carbocycles. The molecule has 1 aliphatic rings. The molecule has 1 saturated carbocycles. The van der Waals surface area contributed by atoms with Gasteiger partial charge >= 0.3 is 5.97 Å². The number of carboxylic acids is 1. The van der Waals surface area contributed by atoms with Crippen LogP contribution < -0.4 is 5.32 Å². The maximum Gasteiger partial charge on any atom is 0.326 e. The number of amides is 1. The van der Waals surface area contributed by atoms with Crippen LogP contribution >= 0.6 is 15.9 Å². The van der Waals surface area contributed by atoms with Crippen molar-refractivity contribution < 1.29 is 14.7 Å². The molecule has 0 bridgehead atoms. The molecule has 1 heterocycles. The van der Waals surface area contributed by atoms with E-state index in [0.717, 1.165) is 23.0 Å².